The van der Waals surface area contributed by atoms with Crippen LogP contribution < -0.4 is 15.4 Å². The highest BCUT2D eigenvalue weighted by atomic mass is 35.5. The van der Waals surface area contributed by atoms with Crippen LogP contribution in [0.3, 0.4) is 0 Å². The van der Waals surface area contributed by atoms with Gasteiger partial charge in [0.05, 0.1) is 17.0 Å². The molecule has 3 aromatic carbocycles. The lowest BCUT2D eigenvalue weighted by atomic mass is 10.00. The maximum Gasteiger partial charge on any atom is 0.258 e. The highest BCUT2D eigenvalue weighted by Crippen LogP contribution is 2.38. The second-order valence-corrected chi connectivity index (χ2v) is 8.00. The largest absolute Gasteiger partial charge is 0.492 e. The van der Waals surface area contributed by atoms with Crippen molar-refractivity contribution in [3.63, 3.8) is 0 Å². The number of carbonyl (C=O) groups excluding carboxylic acids is 1. The van der Waals surface area contributed by atoms with Crippen LogP contribution in [0.5, 0.6) is 5.75 Å². The summed E-state index contributed by atoms with van der Waals surface area (Å²) in [6.45, 7) is 1.47. The van der Waals surface area contributed by atoms with Crippen LogP contribution in [0.2, 0.25) is 5.02 Å². The molecule has 0 bridgehead atoms. The number of nitrogens with zero attached hydrogens (tertiary/aromatic N) is 1. The van der Waals surface area contributed by atoms with Crippen LogP contribution in [0.15, 0.2) is 72.8 Å². The summed E-state index contributed by atoms with van der Waals surface area (Å²) < 4.78 is 5.78. The molecule has 0 saturated carbocycles. The number of nitrogens with one attached hydrogen (secondary N) is 2. The fraction of sp³-hybridized carbons (Fsp3) is 0.160. The van der Waals surface area contributed by atoms with Crippen molar-refractivity contribution in [2.75, 3.05) is 37.9 Å². The Kier molecular flexibility index (Phi) is 6.26. The van der Waals surface area contributed by atoms with Gasteiger partial charge in [0.15, 0.2) is 0 Å². The molecule has 6 heteroatoms. The van der Waals surface area contributed by atoms with Gasteiger partial charge in [0.2, 0.25) is 0 Å². The number of halogens is 1. The van der Waals surface area contributed by atoms with E-state index >= 15 is 0 Å². The molecule has 0 aliphatic carbocycles. The predicted molar refractivity (Wildman–Crippen MR) is 127 cm³/mol. The van der Waals surface area contributed by atoms with Gasteiger partial charge < -0.3 is 20.3 Å². The van der Waals surface area contributed by atoms with E-state index in [0.29, 0.717) is 22.9 Å². The van der Waals surface area contributed by atoms with Crippen LogP contribution in [0.4, 0.5) is 11.4 Å². The summed E-state index contributed by atoms with van der Waals surface area (Å²) in [6, 6.07) is 23.0. The summed E-state index contributed by atoms with van der Waals surface area (Å²) in [6.07, 6.45) is 0. The normalized spacial score (nSPS) is 14.3. The van der Waals surface area contributed by atoms with Crippen LogP contribution in [0.1, 0.15) is 11.1 Å². The van der Waals surface area contributed by atoms with Gasteiger partial charge in [0.25, 0.3) is 5.91 Å². The Bertz CT molecular complexity index is 1110. The first-order valence-corrected chi connectivity index (χ1v) is 10.4. The molecule has 1 aliphatic rings. The summed E-state index contributed by atoms with van der Waals surface area (Å²) in [5.41, 5.74) is 4.64. The highest BCUT2D eigenvalue weighted by Gasteiger charge is 2.28. The van der Waals surface area contributed by atoms with E-state index in [1.165, 1.54) is 0 Å². The van der Waals surface area contributed by atoms with Crippen molar-refractivity contribution in [2.24, 2.45) is 0 Å². The maximum atomic E-state index is 12.9. The smallest absolute Gasteiger partial charge is 0.258 e. The molecule has 158 valence electrons. The van der Waals surface area contributed by atoms with Gasteiger partial charge in [-0.15, -0.1) is 0 Å². The minimum absolute atomic E-state index is 0.160. The zero-order valence-electron chi connectivity index (χ0n) is 17.5. The van der Waals surface area contributed by atoms with Crippen LogP contribution >= 0.6 is 11.6 Å². The molecule has 5 nitrogen and oxygen atoms in total. The third-order valence-electron chi connectivity index (χ3n) is 4.97. The number of hydrogen-bond acceptors (Lipinski definition) is 4. The second kappa shape index (κ2) is 9.25. The van der Waals surface area contributed by atoms with Crippen LogP contribution in [-0.2, 0) is 4.79 Å². The molecule has 0 unspecified atom stereocenters. The summed E-state index contributed by atoms with van der Waals surface area (Å²) in [5, 5.41) is 6.95. The monoisotopic (exact) mass is 433 g/mol. The van der Waals surface area contributed by atoms with E-state index in [1.54, 1.807) is 12.1 Å². The fourth-order valence-corrected chi connectivity index (χ4v) is 3.57. The zero-order chi connectivity index (χ0) is 21.8. The van der Waals surface area contributed by atoms with Crippen LogP contribution in [0.25, 0.3) is 11.3 Å². The maximum absolute atomic E-state index is 12.9. The van der Waals surface area contributed by atoms with E-state index in [-0.39, 0.29) is 5.91 Å². The van der Waals surface area contributed by atoms with E-state index < -0.39 is 0 Å². The van der Waals surface area contributed by atoms with Gasteiger partial charge >= 0.3 is 0 Å². The van der Waals surface area contributed by atoms with Gasteiger partial charge in [0.1, 0.15) is 12.4 Å². The van der Waals surface area contributed by atoms with Crippen LogP contribution in [0, 0.1) is 0 Å². The number of carbonyl (C=O) groups is 1. The third kappa shape index (κ3) is 4.90. The Balaban J connectivity index is 1.67. The highest BCUT2D eigenvalue weighted by molar-refractivity contribution is 6.38. The first kappa shape index (κ1) is 21.0. The standard InChI is InChI=1S/C25H24ClN3O2/c1-29(2)14-15-31-20-11-9-19(10-12-20)27-24(17-6-4-3-5-7-17)23-21-13-8-18(26)16-22(21)28-25(23)30/h3-13,16,27H,14-15H2,1-2H3,(H,28,30). The van der Waals surface area contributed by atoms with Crippen molar-refractivity contribution in [3.05, 3.63) is 88.9 Å². The Morgan fingerprint density at radius 3 is 2.48 bits per heavy atom. The number of likely N-dealkylation sites (N-methyl/N-ethyl adjacent to an activating group) is 1. The Hall–Kier alpha value is -3.28. The van der Waals surface area contributed by atoms with Crippen molar-refractivity contribution >= 4 is 40.2 Å². The average Bonchev–Trinajstić information content (AvgIpc) is 3.08. The molecule has 1 aliphatic heterocycles. The van der Waals surface area contributed by atoms with Gasteiger partial charge in [-0.05, 0) is 56.1 Å². The Labute approximate surface area is 187 Å². The summed E-state index contributed by atoms with van der Waals surface area (Å²) in [5.74, 6) is 0.646. The number of amides is 1. The lowest BCUT2D eigenvalue weighted by Gasteiger charge is -2.15. The molecule has 0 spiro atoms. The van der Waals surface area contributed by atoms with Gasteiger partial charge in [0, 0.05) is 22.8 Å². The Morgan fingerprint density at radius 1 is 1.03 bits per heavy atom. The number of benzene rings is 3. The Morgan fingerprint density at radius 2 is 1.77 bits per heavy atom. The predicted octanol–water partition coefficient (Wildman–Crippen LogP) is 5.21. The molecule has 3 aromatic rings. The van der Waals surface area contributed by atoms with Crippen molar-refractivity contribution in [3.8, 4) is 5.75 Å². The topological polar surface area (TPSA) is 53.6 Å². The molecule has 0 aromatic heterocycles. The quantitative estimate of drug-likeness (QED) is 0.502. The lowest BCUT2D eigenvalue weighted by molar-refractivity contribution is -0.110. The van der Waals surface area contributed by atoms with E-state index in [1.807, 2.05) is 74.8 Å². The van der Waals surface area contributed by atoms with Crippen molar-refractivity contribution in [1.82, 2.24) is 4.90 Å². The van der Waals surface area contributed by atoms with Gasteiger partial charge in [-0.1, -0.05) is 48.0 Å². The molecule has 2 N–H and O–H groups in total. The fourth-order valence-electron chi connectivity index (χ4n) is 3.40. The molecule has 0 atom stereocenters. The molecule has 4 rings (SSSR count). The minimum atomic E-state index is -0.160. The number of ether oxygens (including phenoxy) is 1. The van der Waals surface area contributed by atoms with Crippen molar-refractivity contribution < 1.29 is 9.53 Å². The van der Waals surface area contributed by atoms with E-state index in [9.17, 15) is 4.79 Å². The molecule has 1 heterocycles. The van der Waals surface area contributed by atoms with Gasteiger partial charge in [-0.3, -0.25) is 4.79 Å². The molecule has 31 heavy (non-hydrogen) atoms. The zero-order valence-corrected chi connectivity index (χ0v) is 18.2. The first-order valence-electron chi connectivity index (χ1n) is 10.1. The van der Waals surface area contributed by atoms with E-state index in [0.717, 1.165) is 34.8 Å². The number of rotatable bonds is 7. The van der Waals surface area contributed by atoms with Crippen molar-refractivity contribution in [2.45, 2.75) is 0 Å². The molecule has 0 radical (unpaired) electrons. The molecular weight excluding hydrogens is 410 g/mol. The number of hydrogen-bond donors (Lipinski definition) is 2. The van der Waals surface area contributed by atoms with Gasteiger partial charge in [-0.2, -0.15) is 0 Å². The molecule has 0 saturated heterocycles. The number of fused-ring (bicyclic) bond motifs is 1. The van der Waals surface area contributed by atoms with E-state index in [2.05, 4.69) is 15.5 Å². The van der Waals surface area contributed by atoms with E-state index in [4.69, 9.17) is 16.3 Å². The molecule has 1 amide bonds. The summed E-state index contributed by atoms with van der Waals surface area (Å²) in [7, 11) is 4.03. The average molecular weight is 434 g/mol. The van der Waals surface area contributed by atoms with Gasteiger partial charge in [-0.25, -0.2) is 0 Å². The van der Waals surface area contributed by atoms with Crippen LogP contribution in [-0.4, -0.2) is 38.1 Å². The number of anilines is 2. The molecular formula is C25H24ClN3O2. The summed E-state index contributed by atoms with van der Waals surface area (Å²) >= 11 is 6.12. The lowest BCUT2D eigenvalue weighted by Crippen LogP contribution is -2.19. The molecule has 0 fully saturated rings. The SMILES string of the molecule is CN(C)CCOc1ccc(NC(=C2C(=O)Nc3cc(Cl)ccc32)c2ccccc2)cc1. The third-order valence-corrected chi connectivity index (χ3v) is 5.20. The minimum Gasteiger partial charge on any atom is -0.492 e. The second-order valence-electron chi connectivity index (χ2n) is 7.56. The van der Waals surface area contributed by atoms with Crippen molar-refractivity contribution in [1.29, 1.82) is 0 Å². The summed E-state index contributed by atoms with van der Waals surface area (Å²) in [4.78, 5) is 15.0. The first-order chi connectivity index (χ1) is 15.0.